The number of nitrogens with zero attached hydrogens (tertiary/aromatic N) is 3. The molecule has 1 aromatic carbocycles. The molecule has 3 amide bonds. The van der Waals surface area contributed by atoms with Crippen LogP contribution in [0.5, 0.6) is 0 Å². The molecule has 1 saturated carbocycles. The molecule has 0 bridgehead atoms. The number of amides is 3. The zero-order valence-electron chi connectivity index (χ0n) is 23.0. The van der Waals surface area contributed by atoms with Crippen molar-refractivity contribution in [3.05, 3.63) is 77.4 Å². The second-order valence-electron chi connectivity index (χ2n) is 10.4. The van der Waals surface area contributed by atoms with Crippen LogP contribution < -0.4 is 16.0 Å². The van der Waals surface area contributed by atoms with E-state index in [0.29, 0.717) is 40.8 Å². The summed E-state index contributed by atoms with van der Waals surface area (Å²) in [5.74, 6) is -0.0963. The summed E-state index contributed by atoms with van der Waals surface area (Å²) in [5.41, 5.74) is 3.45. The van der Waals surface area contributed by atoms with Gasteiger partial charge in [-0.05, 0) is 48.6 Å². The van der Waals surface area contributed by atoms with Gasteiger partial charge in [0.1, 0.15) is 11.4 Å². The lowest BCUT2D eigenvalue weighted by Crippen LogP contribution is -2.41. The Bertz CT molecular complexity index is 1390. The van der Waals surface area contributed by atoms with E-state index in [-0.39, 0.29) is 17.7 Å². The zero-order chi connectivity index (χ0) is 28.1. The van der Waals surface area contributed by atoms with Crippen LogP contribution in [0, 0.1) is 5.92 Å². The number of nitrogens with one attached hydrogen (secondary N) is 3. The zero-order valence-corrected chi connectivity index (χ0v) is 23.0. The number of aromatic nitrogens is 2. The quantitative estimate of drug-likeness (QED) is 0.363. The fourth-order valence-electron chi connectivity index (χ4n) is 4.64. The van der Waals surface area contributed by atoms with E-state index < -0.39 is 0 Å². The van der Waals surface area contributed by atoms with Crippen molar-refractivity contribution in [3.8, 4) is 0 Å². The minimum Gasteiger partial charge on any atom is -0.379 e. The van der Waals surface area contributed by atoms with Crippen LogP contribution in [0.25, 0.3) is 6.08 Å². The number of hydrogen-bond acceptors (Lipinski definition) is 5. The molecule has 1 saturated heterocycles. The highest BCUT2D eigenvalue weighted by Gasteiger charge is 2.19. The number of benzene rings is 1. The largest absolute Gasteiger partial charge is 0.379 e. The Morgan fingerprint density at radius 2 is 1.48 bits per heavy atom. The van der Waals surface area contributed by atoms with Crippen molar-refractivity contribution < 1.29 is 19.1 Å². The van der Waals surface area contributed by atoms with Gasteiger partial charge in [-0.2, -0.15) is 0 Å². The number of ether oxygens (including phenoxy) is 1. The second-order valence-corrected chi connectivity index (χ2v) is 10.4. The van der Waals surface area contributed by atoms with Crippen LogP contribution >= 0.6 is 0 Å². The molecule has 2 fully saturated rings. The predicted molar refractivity (Wildman–Crippen MR) is 155 cm³/mol. The molecule has 10 heteroatoms. The number of rotatable bonds is 10. The van der Waals surface area contributed by atoms with Gasteiger partial charge in [0, 0.05) is 58.2 Å². The fraction of sp³-hybridized carbons (Fsp3) is 0.367. The lowest BCUT2D eigenvalue weighted by Gasteiger charge is -2.26. The smallest absolute Gasteiger partial charge is 0.272 e. The first kappa shape index (κ1) is 27.4. The molecule has 0 unspecified atom stereocenters. The number of anilines is 2. The van der Waals surface area contributed by atoms with Crippen molar-refractivity contribution >= 4 is 35.2 Å². The van der Waals surface area contributed by atoms with Crippen LogP contribution in [0.4, 0.5) is 11.4 Å². The molecule has 210 valence electrons. The monoisotopic (exact) mass is 544 g/mol. The van der Waals surface area contributed by atoms with Crippen LogP contribution in [-0.2, 0) is 18.8 Å². The van der Waals surface area contributed by atoms with Crippen molar-refractivity contribution in [2.24, 2.45) is 20.0 Å². The first-order chi connectivity index (χ1) is 19.4. The van der Waals surface area contributed by atoms with E-state index in [1.807, 2.05) is 12.1 Å². The maximum atomic E-state index is 13.0. The molecule has 0 atom stereocenters. The third-order valence-corrected chi connectivity index (χ3v) is 7.16. The third-order valence-electron chi connectivity index (χ3n) is 7.16. The SMILES string of the molecule is Cn1cc(NC(=O)c2cc(NC(=O)c3ccc(/C=C/C4CC4)cc3)cn2C)cc1C(=O)NCCN1CCOCC1. The van der Waals surface area contributed by atoms with Gasteiger partial charge in [0.2, 0.25) is 0 Å². The lowest BCUT2D eigenvalue weighted by atomic mass is 10.1. The molecular formula is C30H36N6O4. The molecule has 1 aliphatic carbocycles. The molecule has 0 spiro atoms. The molecule has 3 N–H and O–H groups in total. The van der Waals surface area contributed by atoms with Crippen LogP contribution in [0.15, 0.2) is 54.9 Å². The van der Waals surface area contributed by atoms with Gasteiger partial charge < -0.3 is 29.8 Å². The van der Waals surface area contributed by atoms with E-state index in [9.17, 15) is 14.4 Å². The Morgan fingerprint density at radius 1 is 0.875 bits per heavy atom. The third kappa shape index (κ3) is 7.08. The van der Waals surface area contributed by atoms with Crippen molar-refractivity contribution in [1.29, 1.82) is 0 Å². The highest BCUT2D eigenvalue weighted by Crippen LogP contribution is 2.30. The fourth-order valence-corrected chi connectivity index (χ4v) is 4.64. The minimum absolute atomic E-state index is 0.202. The molecule has 10 nitrogen and oxygen atoms in total. The van der Waals surface area contributed by atoms with Gasteiger partial charge in [-0.25, -0.2) is 0 Å². The van der Waals surface area contributed by atoms with Crippen LogP contribution in [0.1, 0.15) is 49.7 Å². The Labute approximate surface area is 234 Å². The van der Waals surface area contributed by atoms with Gasteiger partial charge >= 0.3 is 0 Å². The van der Waals surface area contributed by atoms with Crippen LogP contribution in [0.2, 0.25) is 0 Å². The Morgan fingerprint density at radius 3 is 2.10 bits per heavy atom. The van der Waals surface area contributed by atoms with E-state index in [4.69, 9.17) is 4.74 Å². The van der Waals surface area contributed by atoms with Crippen LogP contribution in [0.3, 0.4) is 0 Å². The van der Waals surface area contributed by atoms with Gasteiger partial charge in [-0.15, -0.1) is 0 Å². The Balaban J connectivity index is 1.14. The summed E-state index contributed by atoms with van der Waals surface area (Å²) in [6, 6.07) is 10.7. The standard InChI is InChI=1S/C30H36N6O4/c1-34-20-25(17-26(34)29(38)31-11-12-36-13-15-40-16-14-36)33-30(39)27-18-24(19-35(27)2)32-28(37)23-9-7-22(8-10-23)6-5-21-3-4-21/h5-10,17-21H,3-4,11-16H2,1-2H3,(H,31,38)(H,32,37)(H,33,39)/b6-5+. The topological polar surface area (TPSA) is 110 Å². The Hall–Kier alpha value is -4.15. The molecule has 0 radical (unpaired) electrons. The number of morpholine rings is 1. The van der Waals surface area contributed by atoms with Gasteiger partial charge in [-0.3, -0.25) is 19.3 Å². The molecule has 3 aromatic rings. The van der Waals surface area contributed by atoms with E-state index >= 15 is 0 Å². The summed E-state index contributed by atoms with van der Waals surface area (Å²) in [5, 5.41) is 8.66. The van der Waals surface area contributed by atoms with Crippen molar-refractivity contribution in [2.75, 3.05) is 50.0 Å². The number of allylic oxidation sites excluding steroid dienone is 1. The number of aryl methyl sites for hydroxylation is 2. The lowest BCUT2D eigenvalue weighted by molar-refractivity contribution is 0.0383. The summed E-state index contributed by atoms with van der Waals surface area (Å²) in [4.78, 5) is 40.7. The summed E-state index contributed by atoms with van der Waals surface area (Å²) in [6.45, 7) is 4.47. The van der Waals surface area contributed by atoms with Gasteiger partial charge in [-0.1, -0.05) is 24.3 Å². The maximum Gasteiger partial charge on any atom is 0.272 e. The summed E-state index contributed by atoms with van der Waals surface area (Å²) < 4.78 is 8.69. The summed E-state index contributed by atoms with van der Waals surface area (Å²) in [7, 11) is 3.50. The van der Waals surface area contributed by atoms with Crippen LogP contribution in [-0.4, -0.2) is 71.1 Å². The average Bonchev–Trinajstić information content (AvgIpc) is 3.61. The normalized spacial score (nSPS) is 15.8. The Kier molecular flexibility index (Phi) is 8.47. The average molecular weight is 545 g/mol. The van der Waals surface area contributed by atoms with Crippen molar-refractivity contribution in [2.45, 2.75) is 12.8 Å². The molecule has 2 aromatic heterocycles. The summed E-state index contributed by atoms with van der Waals surface area (Å²) in [6.07, 6.45) is 10.2. The maximum absolute atomic E-state index is 13.0. The molecule has 5 rings (SSSR count). The van der Waals surface area contributed by atoms with E-state index in [2.05, 4.69) is 33.0 Å². The number of hydrogen-bond donors (Lipinski definition) is 3. The van der Waals surface area contributed by atoms with Gasteiger partial charge in [0.25, 0.3) is 17.7 Å². The minimum atomic E-state index is -0.348. The first-order valence-corrected chi connectivity index (χ1v) is 13.7. The number of carbonyl (C=O) groups excluding carboxylic acids is 3. The first-order valence-electron chi connectivity index (χ1n) is 13.7. The van der Waals surface area contributed by atoms with Gasteiger partial charge in [0.05, 0.1) is 24.6 Å². The van der Waals surface area contributed by atoms with E-state index in [0.717, 1.165) is 38.4 Å². The second kappa shape index (κ2) is 12.4. The molecule has 1 aliphatic heterocycles. The van der Waals surface area contributed by atoms with E-state index in [1.54, 1.807) is 59.9 Å². The molecule has 2 aliphatic rings. The molecular weight excluding hydrogens is 508 g/mol. The van der Waals surface area contributed by atoms with E-state index in [1.165, 1.54) is 12.8 Å². The summed E-state index contributed by atoms with van der Waals surface area (Å²) >= 11 is 0. The highest BCUT2D eigenvalue weighted by molar-refractivity contribution is 6.07. The van der Waals surface area contributed by atoms with Crippen molar-refractivity contribution in [3.63, 3.8) is 0 Å². The number of carbonyl (C=O) groups is 3. The van der Waals surface area contributed by atoms with Gasteiger partial charge in [0.15, 0.2) is 0 Å². The molecule has 40 heavy (non-hydrogen) atoms. The molecule has 3 heterocycles. The highest BCUT2D eigenvalue weighted by atomic mass is 16.5. The predicted octanol–water partition coefficient (Wildman–Crippen LogP) is 3.35. The van der Waals surface area contributed by atoms with Crippen molar-refractivity contribution in [1.82, 2.24) is 19.4 Å².